The molecular formula is C24H38Cl2O3. The number of alkyl halides is 2. The highest BCUT2D eigenvalue weighted by Gasteiger charge is 2.32. The first kappa shape index (κ1) is 26.1. The van der Waals surface area contributed by atoms with Gasteiger partial charge in [-0.1, -0.05) is 108 Å². The first-order chi connectivity index (χ1) is 13.7. The van der Waals surface area contributed by atoms with E-state index in [-0.39, 0.29) is 0 Å². The minimum absolute atomic E-state index is 0.305. The van der Waals surface area contributed by atoms with Crippen LogP contribution in [0.5, 0.6) is 5.75 Å². The first-order valence-corrected chi connectivity index (χ1v) is 11.8. The van der Waals surface area contributed by atoms with Crippen LogP contribution in [0.15, 0.2) is 18.2 Å². The van der Waals surface area contributed by atoms with Gasteiger partial charge in [0.2, 0.25) is 4.33 Å². The SMILES string of the molecule is CC(C)c1cccc(C(C)C)c1OCCCCCCCCCCC(Cl)(Cl)C(=O)O. The summed E-state index contributed by atoms with van der Waals surface area (Å²) in [5.41, 5.74) is 2.61. The van der Waals surface area contributed by atoms with Crippen LogP contribution < -0.4 is 4.74 Å². The molecule has 0 unspecified atom stereocenters. The monoisotopic (exact) mass is 444 g/mol. The Hall–Kier alpha value is -0.930. The molecule has 0 saturated heterocycles. The highest BCUT2D eigenvalue weighted by Crippen LogP contribution is 2.34. The second kappa shape index (κ2) is 13.4. The molecule has 0 aliphatic rings. The first-order valence-electron chi connectivity index (χ1n) is 11.0. The van der Waals surface area contributed by atoms with Crippen molar-refractivity contribution < 1.29 is 14.6 Å². The number of halogens is 2. The number of carbonyl (C=O) groups is 1. The zero-order valence-corrected chi connectivity index (χ0v) is 20.0. The molecule has 29 heavy (non-hydrogen) atoms. The van der Waals surface area contributed by atoms with E-state index in [1.54, 1.807) is 0 Å². The van der Waals surface area contributed by atoms with Crippen LogP contribution >= 0.6 is 23.2 Å². The third-order valence-corrected chi connectivity index (χ3v) is 5.97. The highest BCUT2D eigenvalue weighted by molar-refractivity contribution is 6.57. The quantitative estimate of drug-likeness (QED) is 0.219. The van der Waals surface area contributed by atoms with Gasteiger partial charge in [0.25, 0.3) is 0 Å². The Morgan fingerprint density at radius 2 is 1.34 bits per heavy atom. The van der Waals surface area contributed by atoms with Crippen LogP contribution in [0.1, 0.15) is 108 Å². The molecule has 0 saturated carbocycles. The van der Waals surface area contributed by atoms with Crippen molar-refractivity contribution in [3.63, 3.8) is 0 Å². The molecule has 1 rings (SSSR count). The van der Waals surface area contributed by atoms with E-state index in [2.05, 4.69) is 45.9 Å². The van der Waals surface area contributed by atoms with Gasteiger partial charge in [-0.2, -0.15) is 0 Å². The Bertz CT molecular complexity index is 586. The van der Waals surface area contributed by atoms with Gasteiger partial charge < -0.3 is 9.84 Å². The number of aliphatic carboxylic acids is 1. The van der Waals surface area contributed by atoms with E-state index in [4.69, 9.17) is 33.0 Å². The Balaban J connectivity index is 2.19. The van der Waals surface area contributed by atoms with Crippen LogP contribution in [0, 0.1) is 0 Å². The van der Waals surface area contributed by atoms with E-state index < -0.39 is 10.3 Å². The van der Waals surface area contributed by atoms with E-state index in [1.807, 2.05) is 0 Å². The van der Waals surface area contributed by atoms with E-state index in [9.17, 15) is 4.79 Å². The largest absolute Gasteiger partial charge is 0.493 e. The predicted molar refractivity (Wildman–Crippen MR) is 124 cm³/mol. The number of para-hydroxylation sites is 1. The predicted octanol–water partition coefficient (Wildman–Crippen LogP) is 8.08. The molecule has 0 aliphatic carbocycles. The molecule has 1 aromatic rings. The van der Waals surface area contributed by atoms with Crippen LogP contribution in [-0.4, -0.2) is 22.0 Å². The van der Waals surface area contributed by atoms with Gasteiger partial charge in [0.1, 0.15) is 5.75 Å². The Kier molecular flexibility index (Phi) is 12.1. The van der Waals surface area contributed by atoms with E-state index in [0.717, 1.165) is 38.0 Å². The van der Waals surface area contributed by atoms with Crippen molar-refractivity contribution in [1.29, 1.82) is 0 Å². The number of hydrogen-bond acceptors (Lipinski definition) is 2. The van der Waals surface area contributed by atoms with Gasteiger partial charge in [0.15, 0.2) is 0 Å². The standard InChI is InChI=1S/C24H38Cl2O3/c1-18(2)20-14-13-15-21(19(3)4)22(20)29-17-12-10-8-6-5-7-9-11-16-24(25,26)23(27)28/h13-15,18-19H,5-12,16-17H2,1-4H3,(H,27,28). The summed E-state index contributed by atoms with van der Waals surface area (Å²) in [4.78, 5) is 10.8. The maximum Gasteiger partial charge on any atom is 0.340 e. The van der Waals surface area contributed by atoms with Gasteiger partial charge in [-0.25, -0.2) is 4.79 Å². The molecule has 0 atom stereocenters. The summed E-state index contributed by atoms with van der Waals surface area (Å²) in [6.45, 7) is 9.64. The summed E-state index contributed by atoms with van der Waals surface area (Å²) < 4.78 is 4.59. The Labute approximate surface area is 187 Å². The van der Waals surface area contributed by atoms with E-state index in [0.29, 0.717) is 18.3 Å². The van der Waals surface area contributed by atoms with Crippen molar-refractivity contribution in [2.24, 2.45) is 0 Å². The molecular weight excluding hydrogens is 407 g/mol. The fourth-order valence-electron chi connectivity index (χ4n) is 3.44. The molecule has 5 heteroatoms. The maximum atomic E-state index is 10.8. The summed E-state index contributed by atoms with van der Waals surface area (Å²) in [6.07, 6.45) is 8.94. The van der Waals surface area contributed by atoms with Crippen LogP contribution in [-0.2, 0) is 4.79 Å². The minimum atomic E-state index is -1.64. The molecule has 0 radical (unpaired) electrons. The smallest absolute Gasteiger partial charge is 0.340 e. The van der Waals surface area contributed by atoms with Crippen molar-refractivity contribution in [2.75, 3.05) is 6.61 Å². The molecule has 0 aliphatic heterocycles. The topological polar surface area (TPSA) is 46.5 Å². The zero-order chi connectivity index (χ0) is 21.9. The summed E-state index contributed by atoms with van der Waals surface area (Å²) in [6, 6.07) is 6.50. The summed E-state index contributed by atoms with van der Waals surface area (Å²) in [5, 5.41) is 8.87. The molecule has 0 heterocycles. The van der Waals surface area contributed by atoms with E-state index in [1.165, 1.54) is 36.8 Å². The number of benzene rings is 1. The van der Waals surface area contributed by atoms with Gasteiger partial charge in [-0.05, 0) is 42.2 Å². The lowest BCUT2D eigenvalue weighted by Crippen LogP contribution is -2.25. The molecule has 0 amide bonds. The Morgan fingerprint density at radius 1 is 0.897 bits per heavy atom. The van der Waals surface area contributed by atoms with Crippen LogP contribution in [0.2, 0.25) is 0 Å². The second-order valence-corrected chi connectivity index (χ2v) is 10.00. The number of carboxylic acid groups (broad SMARTS) is 1. The van der Waals surface area contributed by atoms with Crippen molar-refractivity contribution in [3.8, 4) is 5.75 Å². The van der Waals surface area contributed by atoms with Crippen molar-refractivity contribution in [3.05, 3.63) is 29.3 Å². The number of carboxylic acids is 1. The molecule has 1 aromatic carbocycles. The van der Waals surface area contributed by atoms with Crippen molar-refractivity contribution >= 4 is 29.2 Å². The highest BCUT2D eigenvalue weighted by atomic mass is 35.5. The molecule has 1 N–H and O–H groups in total. The average molecular weight is 445 g/mol. The lowest BCUT2D eigenvalue weighted by atomic mass is 9.94. The van der Waals surface area contributed by atoms with Crippen LogP contribution in [0.4, 0.5) is 0 Å². The molecule has 166 valence electrons. The summed E-state index contributed by atoms with van der Waals surface area (Å²) in [7, 11) is 0. The number of unbranched alkanes of at least 4 members (excludes halogenated alkanes) is 7. The fraction of sp³-hybridized carbons (Fsp3) is 0.708. The lowest BCUT2D eigenvalue weighted by molar-refractivity contribution is -0.138. The third-order valence-electron chi connectivity index (χ3n) is 5.26. The molecule has 0 aromatic heterocycles. The normalized spacial score (nSPS) is 12.0. The minimum Gasteiger partial charge on any atom is -0.493 e. The number of rotatable bonds is 15. The number of ether oxygens (including phenoxy) is 1. The van der Waals surface area contributed by atoms with E-state index >= 15 is 0 Å². The van der Waals surface area contributed by atoms with Crippen molar-refractivity contribution in [1.82, 2.24) is 0 Å². The Morgan fingerprint density at radius 3 is 1.79 bits per heavy atom. The van der Waals surface area contributed by atoms with Crippen LogP contribution in [0.3, 0.4) is 0 Å². The molecule has 3 nitrogen and oxygen atoms in total. The van der Waals surface area contributed by atoms with Gasteiger partial charge in [-0.3, -0.25) is 0 Å². The van der Waals surface area contributed by atoms with Gasteiger partial charge in [0, 0.05) is 0 Å². The maximum absolute atomic E-state index is 10.8. The molecule has 0 fully saturated rings. The lowest BCUT2D eigenvalue weighted by Gasteiger charge is -2.20. The van der Waals surface area contributed by atoms with Gasteiger partial charge in [0.05, 0.1) is 6.61 Å². The average Bonchev–Trinajstić information content (AvgIpc) is 2.65. The van der Waals surface area contributed by atoms with Gasteiger partial charge >= 0.3 is 5.97 Å². The molecule has 0 spiro atoms. The van der Waals surface area contributed by atoms with Crippen LogP contribution in [0.25, 0.3) is 0 Å². The fourth-order valence-corrected chi connectivity index (χ4v) is 3.71. The number of hydrogen-bond donors (Lipinski definition) is 1. The van der Waals surface area contributed by atoms with Crippen molar-refractivity contribution in [2.45, 2.75) is 102 Å². The third kappa shape index (κ3) is 9.61. The van der Waals surface area contributed by atoms with Gasteiger partial charge in [-0.15, -0.1) is 0 Å². The molecule has 0 bridgehead atoms. The second-order valence-electron chi connectivity index (χ2n) is 8.51. The zero-order valence-electron chi connectivity index (χ0n) is 18.5. The summed E-state index contributed by atoms with van der Waals surface area (Å²) >= 11 is 11.5. The summed E-state index contributed by atoms with van der Waals surface area (Å²) in [5.74, 6) is 0.858.